The fraction of sp³-hybridized carbons (Fsp3) is 0.833. The molecule has 1 heterocycles. The fourth-order valence-electron chi connectivity index (χ4n) is 0.939. The summed E-state index contributed by atoms with van der Waals surface area (Å²) in [5.41, 5.74) is 0. The summed E-state index contributed by atoms with van der Waals surface area (Å²) in [6.07, 6.45) is 0.510. The Morgan fingerprint density at radius 2 is 2.50 bits per heavy atom. The number of hydrogen-bond acceptors (Lipinski definition) is 3. The lowest BCUT2D eigenvalue weighted by Gasteiger charge is -2.10. The van der Waals surface area contributed by atoms with Crippen molar-refractivity contribution in [1.29, 1.82) is 0 Å². The maximum Gasteiger partial charge on any atom is 0.221 e. The third-order valence-corrected chi connectivity index (χ3v) is 1.51. The first-order valence-corrected chi connectivity index (χ1v) is 3.44. The summed E-state index contributed by atoms with van der Waals surface area (Å²) in [4.78, 5) is 10.8. The van der Waals surface area contributed by atoms with Crippen LogP contribution in [-0.4, -0.2) is 36.8 Å². The Morgan fingerprint density at radius 3 is 3.20 bits per heavy atom. The van der Waals surface area contributed by atoms with Crippen LogP contribution in [0.2, 0.25) is 0 Å². The van der Waals surface area contributed by atoms with E-state index in [1.165, 1.54) is 0 Å². The zero-order valence-electron chi connectivity index (χ0n) is 5.76. The first-order chi connectivity index (χ1) is 4.83. The van der Waals surface area contributed by atoms with Crippen LogP contribution in [0.1, 0.15) is 6.42 Å². The van der Waals surface area contributed by atoms with Crippen LogP contribution in [0.5, 0.6) is 0 Å². The second-order valence-corrected chi connectivity index (χ2v) is 2.40. The van der Waals surface area contributed by atoms with Gasteiger partial charge in [-0.1, -0.05) is 0 Å². The van der Waals surface area contributed by atoms with E-state index in [1.807, 2.05) is 0 Å². The molecule has 0 saturated carbocycles. The van der Waals surface area contributed by atoms with E-state index in [9.17, 15) is 4.79 Å². The maximum atomic E-state index is 10.8. The van der Waals surface area contributed by atoms with Gasteiger partial charge in [0.1, 0.15) is 0 Å². The van der Waals surface area contributed by atoms with Gasteiger partial charge in [-0.2, -0.15) is 0 Å². The maximum absolute atomic E-state index is 10.8. The number of aliphatic hydroxyl groups excluding tert-OH is 1. The molecule has 10 heavy (non-hydrogen) atoms. The van der Waals surface area contributed by atoms with E-state index in [1.54, 1.807) is 0 Å². The van der Waals surface area contributed by atoms with E-state index >= 15 is 0 Å². The Kier molecular flexibility index (Phi) is 2.65. The first kappa shape index (κ1) is 7.50. The van der Waals surface area contributed by atoms with Gasteiger partial charge in [0.2, 0.25) is 5.91 Å². The van der Waals surface area contributed by atoms with E-state index in [4.69, 9.17) is 5.11 Å². The predicted molar refractivity (Wildman–Crippen MR) is 36.5 cm³/mol. The normalized spacial score (nSPS) is 27.3. The van der Waals surface area contributed by atoms with Gasteiger partial charge in [0.05, 0.1) is 12.6 Å². The third-order valence-electron chi connectivity index (χ3n) is 1.51. The molecule has 1 aliphatic heterocycles. The third kappa shape index (κ3) is 1.97. The molecule has 0 radical (unpaired) electrons. The van der Waals surface area contributed by atoms with Crippen LogP contribution in [0, 0.1) is 0 Å². The summed E-state index contributed by atoms with van der Waals surface area (Å²) in [6, 6.07) is -0.102. The molecule has 1 saturated heterocycles. The Morgan fingerprint density at radius 1 is 1.70 bits per heavy atom. The number of hydrogen-bond donors (Lipinski definition) is 3. The zero-order chi connectivity index (χ0) is 7.40. The minimum Gasteiger partial charge on any atom is -0.394 e. The molecular formula is C6H12N2O2. The minimum atomic E-state index is -0.102. The smallest absolute Gasteiger partial charge is 0.221 e. The molecule has 1 rings (SSSR count). The van der Waals surface area contributed by atoms with Gasteiger partial charge in [0, 0.05) is 19.5 Å². The van der Waals surface area contributed by atoms with Crippen molar-refractivity contribution in [3.05, 3.63) is 0 Å². The number of aliphatic hydroxyl groups is 1. The molecule has 1 unspecified atom stereocenters. The summed E-state index contributed by atoms with van der Waals surface area (Å²) in [5.74, 6) is 0.0176. The topological polar surface area (TPSA) is 61.4 Å². The lowest BCUT2D eigenvalue weighted by molar-refractivity contribution is -0.121. The van der Waals surface area contributed by atoms with E-state index < -0.39 is 0 Å². The SMILES string of the molecule is O=C1CCNCC(CO)N1. The molecule has 1 fully saturated rings. The average molecular weight is 144 g/mol. The van der Waals surface area contributed by atoms with Gasteiger partial charge in [0.15, 0.2) is 0 Å². The van der Waals surface area contributed by atoms with Crippen molar-refractivity contribution in [1.82, 2.24) is 10.6 Å². The van der Waals surface area contributed by atoms with Crippen LogP contribution in [0.25, 0.3) is 0 Å². The summed E-state index contributed by atoms with van der Waals surface area (Å²) < 4.78 is 0. The second kappa shape index (κ2) is 3.53. The van der Waals surface area contributed by atoms with Crippen molar-refractivity contribution in [3.63, 3.8) is 0 Å². The molecule has 0 aromatic heterocycles. The molecule has 3 N–H and O–H groups in total. The summed E-state index contributed by atoms with van der Waals surface area (Å²) in [5, 5.41) is 14.4. The summed E-state index contributed by atoms with van der Waals surface area (Å²) in [6.45, 7) is 1.39. The quantitative estimate of drug-likeness (QED) is 0.418. The van der Waals surface area contributed by atoms with Gasteiger partial charge in [-0.05, 0) is 0 Å². The molecule has 1 atom stereocenters. The van der Waals surface area contributed by atoms with Crippen LogP contribution in [0.3, 0.4) is 0 Å². The van der Waals surface area contributed by atoms with E-state index in [0.717, 1.165) is 0 Å². The van der Waals surface area contributed by atoms with Gasteiger partial charge in [-0.3, -0.25) is 4.79 Å². The molecule has 0 spiro atoms. The molecule has 4 heteroatoms. The van der Waals surface area contributed by atoms with Gasteiger partial charge in [-0.15, -0.1) is 0 Å². The van der Waals surface area contributed by atoms with Crippen molar-refractivity contribution in [2.75, 3.05) is 19.7 Å². The van der Waals surface area contributed by atoms with Gasteiger partial charge in [-0.25, -0.2) is 0 Å². The van der Waals surface area contributed by atoms with Crippen LogP contribution < -0.4 is 10.6 Å². The highest BCUT2D eigenvalue weighted by Gasteiger charge is 2.13. The van der Waals surface area contributed by atoms with Gasteiger partial charge >= 0.3 is 0 Å². The molecule has 4 nitrogen and oxygen atoms in total. The highest BCUT2D eigenvalue weighted by molar-refractivity contribution is 5.76. The summed E-state index contributed by atoms with van der Waals surface area (Å²) >= 11 is 0. The van der Waals surface area contributed by atoms with E-state index in [2.05, 4.69) is 10.6 Å². The average Bonchev–Trinajstić information content (AvgIpc) is 2.13. The number of nitrogens with one attached hydrogen (secondary N) is 2. The molecule has 1 aliphatic rings. The van der Waals surface area contributed by atoms with Crippen molar-refractivity contribution in [3.8, 4) is 0 Å². The Balaban J connectivity index is 2.38. The minimum absolute atomic E-state index is 0.0126. The Bertz CT molecular complexity index is 127. The van der Waals surface area contributed by atoms with E-state index in [-0.39, 0.29) is 18.6 Å². The second-order valence-electron chi connectivity index (χ2n) is 2.40. The van der Waals surface area contributed by atoms with Gasteiger partial charge < -0.3 is 15.7 Å². The number of carbonyl (C=O) groups is 1. The highest BCUT2D eigenvalue weighted by atomic mass is 16.3. The molecule has 1 amide bonds. The van der Waals surface area contributed by atoms with Crippen LogP contribution >= 0.6 is 0 Å². The van der Waals surface area contributed by atoms with Crippen LogP contribution in [-0.2, 0) is 4.79 Å². The van der Waals surface area contributed by atoms with Crippen molar-refractivity contribution in [2.45, 2.75) is 12.5 Å². The Labute approximate surface area is 59.6 Å². The zero-order valence-corrected chi connectivity index (χ0v) is 5.76. The standard InChI is InChI=1S/C6H12N2O2/c9-4-5-3-7-2-1-6(10)8-5/h5,7,9H,1-4H2,(H,8,10). The number of amides is 1. The lowest BCUT2D eigenvalue weighted by atomic mass is 10.3. The number of carbonyl (C=O) groups excluding carboxylic acids is 1. The monoisotopic (exact) mass is 144 g/mol. The molecule has 0 bridgehead atoms. The molecule has 0 aromatic carbocycles. The molecule has 0 aromatic rings. The van der Waals surface area contributed by atoms with Crippen LogP contribution in [0.15, 0.2) is 0 Å². The highest BCUT2D eigenvalue weighted by Crippen LogP contribution is 1.88. The van der Waals surface area contributed by atoms with Crippen molar-refractivity contribution < 1.29 is 9.90 Å². The molecule has 58 valence electrons. The van der Waals surface area contributed by atoms with Crippen molar-refractivity contribution in [2.24, 2.45) is 0 Å². The van der Waals surface area contributed by atoms with Crippen molar-refractivity contribution >= 4 is 5.91 Å². The van der Waals surface area contributed by atoms with E-state index in [0.29, 0.717) is 19.5 Å². The molecule has 0 aliphatic carbocycles. The lowest BCUT2D eigenvalue weighted by Crippen LogP contribution is -2.40. The first-order valence-electron chi connectivity index (χ1n) is 3.44. The fourth-order valence-corrected chi connectivity index (χ4v) is 0.939. The summed E-state index contributed by atoms with van der Waals surface area (Å²) in [7, 11) is 0. The van der Waals surface area contributed by atoms with Crippen LogP contribution in [0.4, 0.5) is 0 Å². The predicted octanol–water partition coefficient (Wildman–Crippen LogP) is -1.54. The largest absolute Gasteiger partial charge is 0.394 e. The van der Waals surface area contributed by atoms with Gasteiger partial charge in [0.25, 0.3) is 0 Å². The molecular weight excluding hydrogens is 132 g/mol. The number of rotatable bonds is 1. The Hall–Kier alpha value is -0.610.